The topological polar surface area (TPSA) is 90.8 Å². The number of benzene rings is 1. The molecule has 8 nitrogen and oxygen atoms in total. The lowest BCUT2D eigenvalue weighted by Crippen LogP contribution is -2.30. The van der Waals surface area contributed by atoms with Gasteiger partial charge in [-0.15, -0.1) is 0 Å². The predicted octanol–water partition coefficient (Wildman–Crippen LogP) is 4.27. The van der Waals surface area contributed by atoms with Crippen molar-refractivity contribution in [2.75, 3.05) is 51.9 Å². The van der Waals surface area contributed by atoms with Crippen LogP contribution in [0.1, 0.15) is 24.5 Å². The summed E-state index contributed by atoms with van der Waals surface area (Å²) < 4.78 is 25.9. The van der Waals surface area contributed by atoms with E-state index in [1.807, 2.05) is 68.7 Å². The number of allylic oxidation sites excluding steroid dienone is 5. The first-order chi connectivity index (χ1) is 18.0. The molecule has 0 spiro atoms. The number of aliphatic imine (C=N–C) groups is 1. The Morgan fingerprint density at radius 1 is 1.32 bits per heavy atom. The van der Waals surface area contributed by atoms with E-state index in [0.717, 1.165) is 52.2 Å². The molecule has 0 saturated carbocycles. The zero-order valence-electron chi connectivity index (χ0n) is 23.0. The van der Waals surface area contributed by atoms with E-state index in [1.165, 1.54) is 6.26 Å². The minimum absolute atomic E-state index is 0.180. The van der Waals surface area contributed by atoms with Crippen LogP contribution in [-0.2, 0) is 10.0 Å². The summed E-state index contributed by atoms with van der Waals surface area (Å²) >= 11 is 0. The fourth-order valence-corrected chi connectivity index (χ4v) is 4.91. The fraction of sp³-hybridized carbons (Fsp3) is 0.345. The van der Waals surface area contributed by atoms with Crippen molar-refractivity contribution in [3.05, 3.63) is 78.7 Å². The molecule has 3 rings (SSSR count). The van der Waals surface area contributed by atoms with Crippen LogP contribution in [0.3, 0.4) is 0 Å². The van der Waals surface area contributed by atoms with E-state index in [9.17, 15) is 8.42 Å². The Morgan fingerprint density at radius 3 is 2.71 bits per heavy atom. The second-order valence-electron chi connectivity index (χ2n) is 9.82. The van der Waals surface area contributed by atoms with Crippen LogP contribution in [0.5, 0.6) is 0 Å². The highest BCUT2D eigenvalue weighted by atomic mass is 32.2. The van der Waals surface area contributed by atoms with Crippen LogP contribution in [0, 0.1) is 5.92 Å². The Hall–Kier alpha value is -3.56. The molecule has 1 atom stereocenters. The molecular weight excluding hydrogens is 496 g/mol. The van der Waals surface area contributed by atoms with Crippen LogP contribution in [0.15, 0.2) is 72.5 Å². The predicted molar refractivity (Wildman–Crippen MR) is 160 cm³/mol. The zero-order chi connectivity index (χ0) is 27.9. The van der Waals surface area contributed by atoms with E-state index >= 15 is 0 Å². The third-order valence-corrected chi connectivity index (χ3v) is 6.73. The van der Waals surface area contributed by atoms with Crippen molar-refractivity contribution in [3.8, 4) is 11.4 Å². The molecule has 0 bridgehead atoms. The van der Waals surface area contributed by atoms with Crippen molar-refractivity contribution in [1.29, 1.82) is 0 Å². The molecule has 1 aliphatic heterocycles. The van der Waals surface area contributed by atoms with Gasteiger partial charge in [0.1, 0.15) is 5.82 Å². The molecule has 1 aromatic carbocycles. The van der Waals surface area contributed by atoms with Gasteiger partial charge < -0.3 is 9.80 Å². The summed E-state index contributed by atoms with van der Waals surface area (Å²) in [6.07, 6.45) is 11.5. The van der Waals surface area contributed by atoms with Crippen LogP contribution in [0.2, 0.25) is 0 Å². The van der Waals surface area contributed by atoms with E-state index in [1.54, 1.807) is 13.3 Å². The Morgan fingerprint density at radius 2 is 2.08 bits per heavy atom. The molecule has 0 radical (unpaired) electrons. The highest BCUT2D eigenvalue weighted by Gasteiger charge is 2.27. The number of nitrogens with one attached hydrogen (secondary N) is 1. The standard InChI is InChI=1S/C29H38N6O2S/c1-8-23(20-34(5)6)24-10-9-11-25(15-24)28-31-18-27(26(17-30-4)14-21(2)3)29(33-28)35-13-12-22(19-35)16-32-38(7,36)37/h8-11,14-15,17-18,20,22,32H,1-2,12-13,16,19H2,3-7H3/b23-20+,26-14+,30-17-. The van der Waals surface area contributed by atoms with Gasteiger partial charge in [0, 0.05) is 76.1 Å². The lowest BCUT2D eigenvalue weighted by Gasteiger charge is -2.22. The molecule has 38 heavy (non-hydrogen) atoms. The van der Waals surface area contributed by atoms with Crippen LogP contribution in [-0.4, -0.2) is 76.5 Å². The van der Waals surface area contributed by atoms with Crippen LogP contribution in [0.25, 0.3) is 22.5 Å². The molecule has 2 aromatic rings. The van der Waals surface area contributed by atoms with Gasteiger partial charge in [0.05, 0.1) is 6.26 Å². The molecule has 9 heteroatoms. The molecule has 1 aliphatic rings. The van der Waals surface area contributed by atoms with E-state index in [0.29, 0.717) is 18.9 Å². The average Bonchev–Trinajstić information content (AvgIpc) is 3.34. The third kappa shape index (κ3) is 7.97. The van der Waals surface area contributed by atoms with E-state index in [-0.39, 0.29) is 5.92 Å². The summed E-state index contributed by atoms with van der Waals surface area (Å²) in [6, 6.07) is 8.10. The third-order valence-electron chi connectivity index (χ3n) is 6.04. The maximum atomic E-state index is 11.6. The van der Waals surface area contributed by atoms with E-state index < -0.39 is 10.0 Å². The van der Waals surface area contributed by atoms with Gasteiger partial charge >= 0.3 is 0 Å². The first-order valence-electron chi connectivity index (χ1n) is 12.5. The Bertz CT molecular complexity index is 1380. The molecular formula is C29H38N6O2S. The highest BCUT2D eigenvalue weighted by molar-refractivity contribution is 7.88. The lowest BCUT2D eigenvalue weighted by atomic mass is 10.0. The number of hydrogen-bond donors (Lipinski definition) is 1. The number of rotatable bonds is 11. The summed E-state index contributed by atoms with van der Waals surface area (Å²) in [5.74, 6) is 1.58. The number of nitrogens with zero attached hydrogens (tertiary/aromatic N) is 5. The monoisotopic (exact) mass is 534 g/mol. The van der Waals surface area contributed by atoms with Gasteiger partial charge in [0.2, 0.25) is 10.0 Å². The normalized spacial score (nSPS) is 16.8. The van der Waals surface area contributed by atoms with Crippen molar-refractivity contribution < 1.29 is 8.42 Å². The van der Waals surface area contributed by atoms with Crippen molar-refractivity contribution in [2.45, 2.75) is 13.3 Å². The molecule has 2 heterocycles. The van der Waals surface area contributed by atoms with Crippen molar-refractivity contribution in [2.24, 2.45) is 10.9 Å². The van der Waals surface area contributed by atoms with Crippen LogP contribution >= 0.6 is 0 Å². The molecule has 1 fully saturated rings. The summed E-state index contributed by atoms with van der Waals surface area (Å²) in [4.78, 5) is 18.2. The second kappa shape index (κ2) is 12.8. The van der Waals surface area contributed by atoms with Gasteiger partial charge in [-0.1, -0.05) is 49.1 Å². The zero-order valence-corrected chi connectivity index (χ0v) is 23.8. The molecule has 1 unspecified atom stereocenters. The van der Waals surface area contributed by atoms with Crippen molar-refractivity contribution in [3.63, 3.8) is 0 Å². The molecule has 202 valence electrons. The number of sulfonamides is 1. The number of hydrogen-bond acceptors (Lipinski definition) is 7. The largest absolute Gasteiger partial charge is 0.383 e. The van der Waals surface area contributed by atoms with Crippen molar-refractivity contribution >= 4 is 33.2 Å². The second-order valence-corrected chi connectivity index (χ2v) is 11.7. The van der Waals surface area contributed by atoms with E-state index in [4.69, 9.17) is 9.97 Å². The highest BCUT2D eigenvalue weighted by Crippen LogP contribution is 2.32. The van der Waals surface area contributed by atoms with Crippen LogP contribution < -0.4 is 9.62 Å². The average molecular weight is 535 g/mol. The Labute approximate surface area is 227 Å². The van der Waals surface area contributed by atoms with Gasteiger partial charge in [0.25, 0.3) is 0 Å². The molecule has 1 N–H and O–H groups in total. The van der Waals surface area contributed by atoms with Crippen molar-refractivity contribution in [1.82, 2.24) is 19.6 Å². The Balaban J connectivity index is 2.07. The smallest absolute Gasteiger partial charge is 0.208 e. The first-order valence-corrected chi connectivity index (χ1v) is 14.4. The summed E-state index contributed by atoms with van der Waals surface area (Å²) in [6.45, 7) is 11.8. The van der Waals surface area contributed by atoms with Gasteiger partial charge in [-0.05, 0) is 36.5 Å². The van der Waals surface area contributed by atoms with Gasteiger partial charge in [-0.3, -0.25) is 4.99 Å². The summed E-state index contributed by atoms with van der Waals surface area (Å²) in [7, 11) is 2.44. The summed E-state index contributed by atoms with van der Waals surface area (Å²) in [5, 5.41) is 0. The maximum absolute atomic E-state index is 11.6. The SMILES string of the molecule is C=C/C(=C\N(C)C)c1cccc(-c2ncc(C(/C=N\C)=C/C(=C)C)c(N3CCC(CNS(C)(=O)=O)C3)n2)c1. The minimum Gasteiger partial charge on any atom is -0.383 e. The minimum atomic E-state index is -3.24. The van der Waals surface area contributed by atoms with E-state index in [2.05, 4.69) is 33.8 Å². The lowest BCUT2D eigenvalue weighted by molar-refractivity contribution is 0.545. The van der Waals surface area contributed by atoms with Gasteiger partial charge in [-0.25, -0.2) is 23.1 Å². The molecule has 0 aliphatic carbocycles. The maximum Gasteiger partial charge on any atom is 0.208 e. The summed E-state index contributed by atoms with van der Waals surface area (Å²) in [5.41, 5.74) is 5.54. The van der Waals surface area contributed by atoms with Crippen LogP contribution in [0.4, 0.5) is 5.82 Å². The molecule has 0 amide bonds. The number of aromatic nitrogens is 2. The van der Waals surface area contributed by atoms with Gasteiger partial charge in [0.15, 0.2) is 5.82 Å². The first kappa shape index (κ1) is 29.0. The fourth-order valence-electron chi connectivity index (χ4n) is 4.37. The molecule has 1 aromatic heterocycles. The quantitative estimate of drug-likeness (QED) is 0.342. The van der Waals surface area contributed by atoms with Gasteiger partial charge in [-0.2, -0.15) is 0 Å². The Kier molecular flexibility index (Phi) is 9.77. The number of anilines is 1. The molecule has 1 saturated heterocycles.